The van der Waals surface area contributed by atoms with Gasteiger partial charge < -0.3 is 5.32 Å². The van der Waals surface area contributed by atoms with Crippen LogP contribution in [-0.2, 0) is 6.42 Å². The zero-order valence-corrected chi connectivity index (χ0v) is 8.23. The topological polar surface area (TPSA) is 12.0 Å². The highest BCUT2D eigenvalue weighted by Crippen LogP contribution is 2.34. The molecule has 0 spiro atoms. The van der Waals surface area contributed by atoms with Crippen molar-refractivity contribution in [3.63, 3.8) is 0 Å². The Balaban J connectivity index is 1.91. The molecule has 1 aliphatic rings. The molecule has 0 saturated heterocycles. The predicted octanol–water partition coefficient (Wildman–Crippen LogP) is 2.29. The van der Waals surface area contributed by atoms with Gasteiger partial charge in [-0.2, -0.15) is 11.3 Å². The van der Waals surface area contributed by atoms with E-state index >= 15 is 0 Å². The summed E-state index contributed by atoms with van der Waals surface area (Å²) in [5.41, 5.74) is 1.49. The van der Waals surface area contributed by atoms with Crippen molar-refractivity contribution in [2.45, 2.75) is 25.3 Å². The lowest BCUT2D eigenvalue weighted by Crippen LogP contribution is -2.29. The second-order valence-corrected chi connectivity index (χ2v) is 4.35. The smallest absolute Gasteiger partial charge is 0.0133 e. The first-order chi connectivity index (χ1) is 5.90. The van der Waals surface area contributed by atoms with Gasteiger partial charge in [0.25, 0.3) is 0 Å². The van der Waals surface area contributed by atoms with Crippen LogP contribution in [0.15, 0.2) is 16.8 Å². The summed E-state index contributed by atoms with van der Waals surface area (Å²) in [4.78, 5) is 0. The van der Waals surface area contributed by atoms with Crippen molar-refractivity contribution in [2.75, 3.05) is 7.05 Å². The third-order valence-electron chi connectivity index (χ3n) is 2.60. The summed E-state index contributed by atoms with van der Waals surface area (Å²) in [6.45, 7) is 0. The monoisotopic (exact) mass is 181 g/mol. The number of likely N-dealkylation sites (N-methyl/N-ethyl adjacent to an activating group) is 1. The van der Waals surface area contributed by atoms with Crippen molar-refractivity contribution in [1.29, 1.82) is 0 Å². The molecule has 66 valence electrons. The fraction of sp³-hybridized carbons (Fsp3) is 0.600. The maximum Gasteiger partial charge on any atom is 0.0133 e. The van der Waals surface area contributed by atoms with Gasteiger partial charge >= 0.3 is 0 Å². The maximum atomic E-state index is 3.41. The molecule has 2 heteroatoms. The van der Waals surface area contributed by atoms with Crippen molar-refractivity contribution in [3.8, 4) is 0 Å². The van der Waals surface area contributed by atoms with Crippen LogP contribution in [0, 0.1) is 5.92 Å². The molecular weight excluding hydrogens is 166 g/mol. The first-order valence-electron chi connectivity index (χ1n) is 4.58. The number of hydrogen-bond acceptors (Lipinski definition) is 2. The number of nitrogens with one attached hydrogen (secondary N) is 1. The average molecular weight is 181 g/mol. The molecule has 1 fully saturated rings. The predicted molar refractivity (Wildman–Crippen MR) is 53.6 cm³/mol. The van der Waals surface area contributed by atoms with Gasteiger partial charge in [0.15, 0.2) is 0 Å². The Bertz CT molecular complexity index is 226. The normalized spacial score (nSPS) is 19.4. The van der Waals surface area contributed by atoms with Gasteiger partial charge in [-0.1, -0.05) is 0 Å². The van der Waals surface area contributed by atoms with Crippen LogP contribution < -0.4 is 5.32 Å². The summed E-state index contributed by atoms with van der Waals surface area (Å²) in [7, 11) is 2.08. The van der Waals surface area contributed by atoms with Crippen molar-refractivity contribution in [2.24, 2.45) is 5.92 Å². The molecule has 0 bridgehead atoms. The lowest BCUT2D eigenvalue weighted by Gasteiger charge is -2.13. The molecule has 1 aromatic rings. The van der Waals surface area contributed by atoms with Crippen LogP contribution in [-0.4, -0.2) is 13.1 Å². The molecule has 1 N–H and O–H groups in total. The molecule has 12 heavy (non-hydrogen) atoms. The Morgan fingerprint density at radius 3 is 3.00 bits per heavy atom. The van der Waals surface area contributed by atoms with Crippen molar-refractivity contribution >= 4 is 11.3 Å². The van der Waals surface area contributed by atoms with Gasteiger partial charge in [-0.15, -0.1) is 0 Å². The summed E-state index contributed by atoms with van der Waals surface area (Å²) in [5.74, 6) is 0.954. The van der Waals surface area contributed by atoms with E-state index in [1.54, 1.807) is 11.3 Å². The Labute approximate surface area is 77.8 Å². The third-order valence-corrected chi connectivity index (χ3v) is 3.33. The van der Waals surface area contributed by atoms with Crippen LogP contribution in [0.3, 0.4) is 0 Å². The highest BCUT2D eigenvalue weighted by atomic mass is 32.1. The lowest BCUT2D eigenvalue weighted by molar-refractivity contribution is 0.501. The van der Waals surface area contributed by atoms with E-state index in [4.69, 9.17) is 0 Å². The second-order valence-electron chi connectivity index (χ2n) is 3.57. The van der Waals surface area contributed by atoms with Crippen LogP contribution in [0.1, 0.15) is 18.4 Å². The van der Waals surface area contributed by atoms with Crippen LogP contribution in [0.25, 0.3) is 0 Å². The first kappa shape index (κ1) is 8.27. The van der Waals surface area contributed by atoms with Gasteiger partial charge in [-0.05, 0) is 54.6 Å². The van der Waals surface area contributed by atoms with Crippen LogP contribution in [0.5, 0.6) is 0 Å². The van der Waals surface area contributed by atoms with E-state index < -0.39 is 0 Å². The third kappa shape index (κ3) is 1.87. The van der Waals surface area contributed by atoms with Crippen molar-refractivity contribution in [1.82, 2.24) is 5.32 Å². The minimum absolute atomic E-state index is 0.722. The molecule has 0 amide bonds. The molecule has 1 unspecified atom stereocenters. The van der Waals surface area contributed by atoms with Gasteiger partial charge in [0.1, 0.15) is 0 Å². The Morgan fingerprint density at radius 1 is 1.67 bits per heavy atom. The van der Waals surface area contributed by atoms with Crippen LogP contribution >= 0.6 is 11.3 Å². The molecule has 0 aromatic carbocycles. The lowest BCUT2D eigenvalue weighted by atomic mass is 10.1. The molecule has 1 saturated carbocycles. The van der Waals surface area contributed by atoms with E-state index in [-0.39, 0.29) is 0 Å². The highest BCUT2D eigenvalue weighted by molar-refractivity contribution is 7.07. The molecule has 1 atom stereocenters. The largest absolute Gasteiger partial charge is 0.316 e. The summed E-state index contributed by atoms with van der Waals surface area (Å²) in [5, 5.41) is 7.83. The fourth-order valence-corrected chi connectivity index (χ4v) is 2.35. The minimum Gasteiger partial charge on any atom is -0.316 e. The molecule has 0 radical (unpaired) electrons. The first-order valence-corrected chi connectivity index (χ1v) is 5.53. The Hall–Kier alpha value is -0.340. The van der Waals surface area contributed by atoms with Crippen molar-refractivity contribution < 1.29 is 0 Å². The molecule has 2 rings (SSSR count). The molecule has 1 nitrogen and oxygen atoms in total. The summed E-state index contributed by atoms with van der Waals surface area (Å²) >= 11 is 1.80. The van der Waals surface area contributed by atoms with Crippen molar-refractivity contribution in [3.05, 3.63) is 22.4 Å². The minimum atomic E-state index is 0.722. The van der Waals surface area contributed by atoms with Gasteiger partial charge in [-0.3, -0.25) is 0 Å². The molecule has 0 aliphatic heterocycles. The van der Waals surface area contributed by atoms with E-state index in [0.717, 1.165) is 12.0 Å². The zero-order chi connectivity index (χ0) is 8.39. The number of thiophene rings is 1. The van der Waals surface area contributed by atoms with E-state index in [1.165, 1.54) is 24.8 Å². The molecule has 1 aromatic heterocycles. The zero-order valence-electron chi connectivity index (χ0n) is 7.42. The van der Waals surface area contributed by atoms with Gasteiger partial charge in [0.05, 0.1) is 0 Å². The quantitative estimate of drug-likeness (QED) is 0.751. The van der Waals surface area contributed by atoms with Gasteiger partial charge in [0, 0.05) is 6.04 Å². The molecule has 1 heterocycles. The van der Waals surface area contributed by atoms with Gasteiger partial charge in [0.2, 0.25) is 0 Å². The number of rotatable bonds is 4. The Morgan fingerprint density at radius 2 is 2.50 bits per heavy atom. The summed E-state index contributed by atoms with van der Waals surface area (Å²) in [6.07, 6.45) is 4.07. The fourth-order valence-electron chi connectivity index (χ4n) is 1.67. The highest BCUT2D eigenvalue weighted by Gasteiger charge is 2.29. The van der Waals surface area contributed by atoms with Crippen LogP contribution in [0.4, 0.5) is 0 Å². The molecule has 1 aliphatic carbocycles. The number of hydrogen-bond donors (Lipinski definition) is 1. The van der Waals surface area contributed by atoms with E-state index in [2.05, 4.69) is 29.2 Å². The second kappa shape index (κ2) is 3.58. The molecular formula is C10H15NS. The maximum absolute atomic E-state index is 3.41. The van der Waals surface area contributed by atoms with E-state index in [9.17, 15) is 0 Å². The van der Waals surface area contributed by atoms with Gasteiger partial charge in [-0.25, -0.2) is 0 Å². The average Bonchev–Trinajstić information content (AvgIpc) is 2.80. The van der Waals surface area contributed by atoms with Crippen LogP contribution in [0.2, 0.25) is 0 Å². The van der Waals surface area contributed by atoms with E-state index in [1.807, 2.05) is 0 Å². The SMILES string of the molecule is CNC(Cc1ccsc1)C1CC1. The standard InChI is InChI=1S/C10H15NS/c1-11-10(9-2-3-9)6-8-4-5-12-7-8/h4-5,7,9-11H,2-3,6H2,1H3. The summed E-state index contributed by atoms with van der Waals surface area (Å²) in [6, 6.07) is 2.96. The Kier molecular flexibility index (Phi) is 2.47. The summed E-state index contributed by atoms with van der Waals surface area (Å²) < 4.78 is 0. The van der Waals surface area contributed by atoms with E-state index in [0.29, 0.717) is 0 Å².